The largest absolute Gasteiger partial charge is 0.507 e. The Morgan fingerprint density at radius 2 is 1.86 bits per heavy atom. The highest BCUT2D eigenvalue weighted by Gasteiger charge is 2.34. The predicted octanol–water partition coefficient (Wildman–Crippen LogP) is 7.58. The molecule has 1 aliphatic heterocycles. The monoisotopic (exact) mass is 698 g/mol. The first-order chi connectivity index (χ1) is 20.7. The average Bonchev–Trinajstić information content (AvgIpc) is 3.60. The van der Waals surface area contributed by atoms with Crippen molar-refractivity contribution in [2.45, 2.75) is 6.54 Å². The van der Waals surface area contributed by atoms with Crippen LogP contribution in [0, 0.1) is 0 Å². The Balaban J connectivity index is 1.38. The second kappa shape index (κ2) is 14.0. The summed E-state index contributed by atoms with van der Waals surface area (Å²) >= 11 is 16.6. The molecule has 2 amide bonds. The molecule has 0 saturated carbocycles. The molecular weight excluding hydrogens is 679 g/mol. The SMILES string of the molecule is O=C(COc1ccc(Cl)cc1/C=C1\S/C(=N\N=C\c2cc(Br)ccc2O)N(Cc2ccco2)C1=O)Nc1ccc(Cl)cc1. The van der Waals surface area contributed by atoms with Gasteiger partial charge < -0.3 is 19.6 Å². The number of nitrogens with one attached hydrogen (secondary N) is 1. The first-order valence-electron chi connectivity index (χ1n) is 12.6. The van der Waals surface area contributed by atoms with E-state index in [4.69, 9.17) is 32.4 Å². The van der Waals surface area contributed by atoms with Gasteiger partial charge >= 0.3 is 0 Å². The number of hydrogen-bond acceptors (Lipinski definition) is 8. The topological polar surface area (TPSA) is 117 Å². The fourth-order valence-corrected chi connectivity index (χ4v) is 5.44. The van der Waals surface area contributed by atoms with Gasteiger partial charge in [0.2, 0.25) is 0 Å². The molecule has 0 unspecified atom stereocenters. The van der Waals surface area contributed by atoms with Gasteiger partial charge in [0.1, 0.15) is 17.3 Å². The smallest absolute Gasteiger partial charge is 0.267 e. The highest BCUT2D eigenvalue weighted by molar-refractivity contribution is 9.10. The molecule has 9 nitrogen and oxygen atoms in total. The van der Waals surface area contributed by atoms with Crippen molar-refractivity contribution >= 4 is 85.9 Å². The maximum Gasteiger partial charge on any atom is 0.267 e. The molecule has 13 heteroatoms. The quantitative estimate of drug-likeness (QED) is 0.106. The van der Waals surface area contributed by atoms with Crippen molar-refractivity contribution in [2.75, 3.05) is 11.9 Å². The zero-order valence-corrected chi connectivity index (χ0v) is 26.0. The Bertz CT molecular complexity index is 1740. The molecular formula is C30H21BrCl2N4O5S. The minimum absolute atomic E-state index is 0.0330. The van der Waals surface area contributed by atoms with Crippen LogP contribution in [0.25, 0.3) is 6.08 Å². The zero-order chi connectivity index (χ0) is 30.3. The Morgan fingerprint density at radius 1 is 1.07 bits per heavy atom. The molecule has 0 spiro atoms. The van der Waals surface area contributed by atoms with Gasteiger partial charge in [-0.3, -0.25) is 14.5 Å². The maximum atomic E-state index is 13.5. The summed E-state index contributed by atoms with van der Waals surface area (Å²) in [7, 11) is 0. The summed E-state index contributed by atoms with van der Waals surface area (Å²) in [5, 5.41) is 22.5. The minimum Gasteiger partial charge on any atom is -0.507 e. The molecule has 1 aliphatic rings. The normalized spacial score (nSPS) is 15.1. The number of phenolic OH excluding ortho intramolecular Hbond substituents is 1. The maximum absolute atomic E-state index is 13.5. The van der Waals surface area contributed by atoms with Gasteiger partial charge in [-0.25, -0.2) is 0 Å². The van der Waals surface area contributed by atoms with Crippen LogP contribution >= 0.6 is 50.9 Å². The molecule has 1 saturated heterocycles. The molecule has 0 atom stereocenters. The van der Waals surface area contributed by atoms with Gasteiger partial charge in [-0.05, 0) is 90.6 Å². The number of aromatic hydroxyl groups is 1. The molecule has 3 aromatic carbocycles. The molecule has 5 rings (SSSR count). The van der Waals surface area contributed by atoms with Gasteiger partial charge in [-0.1, -0.05) is 39.1 Å². The van der Waals surface area contributed by atoms with E-state index in [2.05, 4.69) is 31.4 Å². The molecule has 1 aromatic heterocycles. The van der Waals surface area contributed by atoms with Crippen LogP contribution in [-0.4, -0.2) is 39.8 Å². The van der Waals surface area contributed by atoms with Gasteiger partial charge in [0.25, 0.3) is 11.8 Å². The number of anilines is 1. The molecule has 0 radical (unpaired) electrons. The number of thioether (sulfide) groups is 1. The Kier molecular flexibility index (Phi) is 9.88. The first-order valence-corrected chi connectivity index (χ1v) is 14.9. The zero-order valence-electron chi connectivity index (χ0n) is 22.0. The molecule has 2 N–H and O–H groups in total. The third-order valence-electron chi connectivity index (χ3n) is 5.86. The van der Waals surface area contributed by atoms with Crippen LogP contribution in [0.3, 0.4) is 0 Å². The van der Waals surface area contributed by atoms with Crippen molar-refractivity contribution in [1.29, 1.82) is 0 Å². The van der Waals surface area contributed by atoms with E-state index in [-0.39, 0.29) is 30.7 Å². The number of nitrogens with zero attached hydrogens (tertiary/aromatic N) is 3. The fourth-order valence-electron chi connectivity index (χ4n) is 3.83. The summed E-state index contributed by atoms with van der Waals surface area (Å²) in [6.45, 7) is -0.160. The predicted molar refractivity (Wildman–Crippen MR) is 173 cm³/mol. The fraction of sp³-hybridized carbons (Fsp3) is 0.0667. The lowest BCUT2D eigenvalue weighted by Gasteiger charge is -2.13. The number of amides is 2. The number of benzene rings is 3. The van der Waals surface area contributed by atoms with Gasteiger partial charge in [-0.2, -0.15) is 5.10 Å². The van der Waals surface area contributed by atoms with Crippen molar-refractivity contribution < 1.29 is 23.8 Å². The van der Waals surface area contributed by atoms with E-state index in [9.17, 15) is 14.7 Å². The van der Waals surface area contributed by atoms with Crippen LogP contribution in [0.5, 0.6) is 11.5 Å². The standard InChI is InChI=1S/C30H21BrCl2N4O5S/c31-20-3-9-25(38)19(12-20)15-34-36-30-37(16-24-2-1-11-41-24)29(40)27(43-30)14-18-13-22(33)6-10-26(18)42-17-28(39)35-23-7-4-21(32)5-8-23/h1-15,38H,16-17H2,(H,35,39)/b27-14-,34-15+,36-30-. The Morgan fingerprint density at radius 3 is 2.63 bits per heavy atom. The van der Waals surface area contributed by atoms with E-state index in [1.54, 1.807) is 72.8 Å². The van der Waals surface area contributed by atoms with E-state index in [0.717, 1.165) is 16.2 Å². The van der Waals surface area contributed by atoms with E-state index in [1.807, 2.05) is 0 Å². The average molecular weight is 700 g/mol. The Labute approximate surface area is 269 Å². The highest BCUT2D eigenvalue weighted by atomic mass is 79.9. The van der Waals surface area contributed by atoms with Crippen LogP contribution in [0.4, 0.5) is 5.69 Å². The van der Waals surface area contributed by atoms with E-state index >= 15 is 0 Å². The summed E-state index contributed by atoms with van der Waals surface area (Å²) < 4.78 is 12.0. The first kappa shape index (κ1) is 30.4. The van der Waals surface area contributed by atoms with Gasteiger partial charge in [0.05, 0.1) is 23.9 Å². The van der Waals surface area contributed by atoms with Crippen LogP contribution in [-0.2, 0) is 16.1 Å². The van der Waals surface area contributed by atoms with Gasteiger partial charge in [0.15, 0.2) is 11.8 Å². The summed E-state index contributed by atoms with van der Waals surface area (Å²) in [5.74, 6) is 0.214. The van der Waals surface area contributed by atoms with E-state index in [0.29, 0.717) is 48.4 Å². The third kappa shape index (κ3) is 8.08. The molecule has 4 aromatic rings. The number of ether oxygens (including phenoxy) is 1. The van der Waals surface area contributed by atoms with Crippen LogP contribution in [0.1, 0.15) is 16.9 Å². The minimum atomic E-state index is -0.379. The lowest BCUT2D eigenvalue weighted by Crippen LogP contribution is -2.28. The van der Waals surface area contributed by atoms with Crippen molar-refractivity contribution in [3.05, 3.63) is 115 Å². The third-order valence-corrected chi connectivity index (χ3v) is 7.83. The summed E-state index contributed by atoms with van der Waals surface area (Å²) in [6.07, 6.45) is 4.53. The highest BCUT2D eigenvalue weighted by Crippen LogP contribution is 2.36. The number of furan rings is 1. The number of halogens is 3. The molecule has 0 bridgehead atoms. The molecule has 0 aliphatic carbocycles. The summed E-state index contributed by atoms with van der Waals surface area (Å²) in [5.41, 5.74) is 1.51. The number of carbonyl (C=O) groups is 2. The summed E-state index contributed by atoms with van der Waals surface area (Å²) in [4.78, 5) is 27.8. The lowest BCUT2D eigenvalue weighted by atomic mass is 10.2. The Hall–Kier alpha value is -4.03. The number of hydrogen-bond donors (Lipinski definition) is 2. The lowest BCUT2D eigenvalue weighted by molar-refractivity contribution is -0.122. The van der Waals surface area contributed by atoms with Crippen molar-refractivity contribution in [3.63, 3.8) is 0 Å². The van der Waals surface area contributed by atoms with Crippen molar-refractivity contribution in [2.24, 2.45) is 10.2 Å². The number of amidine groups is 1. The molecule has 1 fully saturated rings. The van der Waals surface area contributed by atoms with Crippen molar-refractivity contribution in [1.82, 2.24) is 4.90 Å². The second-order valence-electron chi connectivity index (χ2n) is 8.94. The molecule has 2 heterocycles. The van der Waals surface area contributed by atoms with Crippen LogP contribution < -0.4 is 10.1 Å². The number of rotatable bonds is 9. The van der Waals surface area contributed by atoms with Crippen LogP contribution in [0.15, 0.2) is 103 Å². The van der Waals surface area contributed by atoms with Crippen LogP contribution in [0.2, 0.25) is 10.0 Å². The second-order valence-corrected chi connectivity index (χ2v) is 11.7. The number of carbonyl (C=O) groups excluding carboxylic acids is 2. The summed E-state index contributed by atoms with van der Waals surface area (Å²) in [6, 6.07) is 20.0. The van der Waals surface area contributed by atoms with Crippen molar-refractivity contribution in [3.8, 4) is 11.5 Å². The van der Waals surface area contributed by atoms with E-state index in [1.165, 1.54) is 23.4 Å². The van der Waals surface area contributed by atoms with E-state index < -0.39 is 0 Å². The molecule has 218 valence electrons. The van der Waals surface area contributed by atoms with Gasteiger partial charge in [-0.15, -0.1) is 5.10 Å². The molecule has 43 heavy (non-hydrogen) atoms. The van der Waals surface area contributed by atoms with Gasteiger partial charge in [0, 0.05) is 31.3 Å². The number of phenols is 1.